The highest BCUT2D eigenvalue weighted by Gasteiger charge is 1.90. The molecule has 0 N–H and O–H groups in total. The van der Waals surface area contributed by atoms with Crippen molar-refractivity contribution in [2.75, 3.05) is 0 Å². The lowest BCUT2D eigenvalue weighted by Gasteiger charge is -1.83. The number of hydrogen-bond donors (Lipinski definition) is 0. The maximum Gasteiger partial charge on any atom is 0.114 e. The van der Waals surface area contributed by atoms with Crippen LogP contribution < -0.4 is 0 Å². The molecule has 0 spiro atoms. The van der Waals surface area contributed by atoms with Crippen molar-refractivity contribution in [2.45, 2.75) is 5.75 Å². The van der Waals surface area contributed by atoms with Gasteiger partial charge in [0.15, 0.2) is 0 Å². The predicted molar refractivity (Wildman–Crippen MR) is 35.9 cm³/mol. The molecule has 1 aromatic rings. The van der Waals surface area contributed by atoms with E-state index in [1.807, 2.05) is 12.1 Å². The molecule has 0 aliphatic carbocycles. The number of hydrogen-bond acceptors (Lipinski definition) is 2. The molecule has 0 aliphatic heterocycles. The van der Waals surface area contributed by atoms with Gasteiger partial charge in [-0.05, 0) is 33.8 Å². The number of halogens is 1. The van der Waals surface area contributed by atoms with Crippen molar-refractivity contribution in [3.05, 3.63) is 24.2 Å². The van der Waals surface area contributed by atoms with Crippen LogP contribution in [0, 0.1) is 0 Å². The summed E-state index contributed by atoms with van der Waals surface area (Å²) in [5.41, 5.74) is 0. The molecule has 3 heteroatoms. The smallest absolute Gasteiger partial charge is 0.114 e. The minimum atomic E-state index is 0.745. The molecule has 44 valence electrons. The highest BCUT2D eigenvalue weighted by molar-refractivity contribution is 8.20. The largest absolute Gasteiger partial charge is 0.468 e. The first-order valence-corrected chi connectivity index (χ1v) is 4.00. The molecule has 1 heterocycles. The van der Waals surface area contributed by atoms with Gasteiger partial charge in [-0.3, -0.25) is 0 Å². The van der Waals surface area contributed by atoms with Gasteiger partial charge < -0.3 is 4.42 Å². The third kappa shape index (κ3) is 1.46. The van der Waals surface area contributed by atoms with E-state index in [4.69, 9.17) is 15.1 Å². The Morgan fingerprint density at radius 1 is 1.75 bits per heavy atom. The van der Waals surface area contributed by atoms with Gasteiger partial charge in [-0.25, -0.2) is 0 Å². The fraction of sp³-hybridized carbons (Fsp3) is 0.200. The lowest BCUT2D eigenvalue weighted by Crippen LogP contribution is -1.65. The van der Waals surface area contributed by atoms with Crippen LogP contribution in [0.15, 0.2) is 22.8 Å². The second kappa shape index (κ2) is 3.05. The Morgan fingerprint density at radius 3 is 3.12 bits per heavy atom. The van der Waals surface area contributed by atoms with E-state index in [9.17, 15) is 0 Å². The van der Waals surface area contributed by atoms with Crippen molar-refractivity contribution in [3.63, 3.8) is 0 Å². The van der Waals surface area contributed by atoms with E-state index >= 15 is 0 Å². The Balaban J connectivity index is 2.50. The lowest BCUT2D eigenvalue weighted by molar-refractivity contribution is 0.530. The fourth-order valence-corrected chi connectivity index (χ4v) is 1.04. The van der Waals surface area contributed by atoms with E-state index in [1.54, 1.807) is 6.26 Å². The van der Waals surface area contributed by atoms with Crippen LogP contribution >= 0.6 is 21.7 Å². The van der Waals surface area contributed by atoms with Gasteiger partial charge in [-0.15, -0.1) is 0 Å². The molecule has 0 aromatic carbocycles. The second-order valence-electron chi connectivity index (χ2n) is 1.33. The Kier molecular flexibility index (Phi) is 2.30. The zero-order chi connectivity index (χ0) is 5.82. The third-order valence-electron chi connectivity index (χ3n) is 0.777. The summed E-state index contributed by atoms with van der Waals surface area (Å²) in [7, 11) is 6.59. The molecule has 0 aliphatic rings. The van der Waals surface area contributed by atoms with Crippen molar-refractivity contribution in [1.82, 2.24) is 0 Å². The van der Waals surface area contributed by atoms with Gasteiger partial charge in [0.25, 0.3) is 0 Å². The summed E-state index contributed by atoms with van der Waals surface area (Å²) in [6.07, 6.45) is 1.64. The fourth-order valence-electron chi connectivity index (χ4n) is 0.448. The van der Waals surface area contributed by atoms with E-state index in [2.05, 4.69) is 0 Å². The van der Waals surface area contributed by atoms with Crippen molar-refractivity contribution in [3.8, 4) is 0 Å². The van der Waals surface area contributed by atoms with Crippen LogP contribution in [-0.2, 0) is 5.75 Å². The molecular formula is C5H5ClOS. The SMILES string of the molecule is ClSCc1ccco1. The van der Waals surface area contributed by atoms with Crippen LogP contribution in [0.2, 0.25) is 0 Å². The second-order valence-corrected chi connectivity index (χ2v) is 2.49. The molecule has 0 bridgehead atoms. The van der Waals surface area contributed by atoms with Crippen molar-refractivity contribution in [1.29, 1.82) is 0 Å². The molecule has 0 unspecified atom stereocenters. The Labute approximate surface area is 56.5 Å². The van der Waals surface area contributed by atoms with E-state index in [0.29, 0.717) is 0 Å². The van der Waals surface area contributed by atoms with Crippen LogP contribution in [0.5, 0.6) is 0 Å². The van der Waals surface area contributed by atoms with Crippen molar-refractivity contribution < 1.29 is 4.42 Å². The van der Waals surface area contributed by atoms with E-state index in [1.165, 1.54) is 11.0 Å². The predicted octanol–water partition coefficient (Wildman–Crippen LogP) is 2.67. The summed E-state index contributed by atoms with van der Waals surface area (Å²) in [6.45, 7) is 0. The van der Waals surface area contributed by atoms with E-state index in [0.717, 1.165) is 11.5 Å². The van der Waals surface area contributed by atoms with Gasteiger partial charge in [0.2, 0.25) is 0 Å². The average Bonchev–Trinajstić information content (AvgIpc) is 2.19. The zero-order valence-corrected chi connectivity index (χ0v) is 5.71. The summed E-state index contributed by atoms with van der Waals surface area (Å²) in [5, 5.41) is 0. The molecule has 1 rings (SSSR count). The molecule has 0 amide bonds. The minimum Gasteiger partial charge on any atom is -0.468 e. The van der Waals surface area contributed by atoms with Crippen LogP contribution in [0.4, 0.5) is 0 Å². The third-order valence-corrected chi connectivity index (χ3v) is 1.50. The van der Waals surface area contributed by atoms with Gasteiger partial charge in [0.05, 0.1) is 12.0 Å². The average molecular weight is 149 g/mol. The van der Waals surface area contributed by atoms with Gasteiger partial charge in [0.1, 0.15) is 5.76 Å². The standard InChI is InChI=1S/C5H5ClOS/c6-8-4-5-2-1-3-7-5/h1-3H,4H2. The van der Waals surface area contributed by atoms with Gasteiger partial charge in [-0.1, -0.05) is 0 Å². The summed E-state index contributed by atoms with van der Waals surface area (Å²) >= 11 is 0. The number of rotatable bonds is 2. The van der Waals surface area contributed by atoms with Crippen molar-refractivity contribution >= 4 is 21.7 Å². The summed E-state index contributed by atoms with van der Waals surface area (Å²) < 4.78 is 4.97. The highest BCUT2D eigenvalue weighted by Crippen LogP contribution is 2.14. The normalized spacial score (nSPS) is 9.62. The zero-order valence-electron chi connectivity index (χ0n) is 4.13. The first-order chi connectivity index (χ1) is 3.93. The molecule has 0 radical (unpaired) electrons. The summed E-state index contributed by atoms with van der Waals surface area (Å²) in [6, 6.07) is 3.75. The topological polar surface area (TPSA) is 13.1 Å². The number of furan rings is 1. The van der Waals surface area contributed by atoms with Crippen LogP contribution in [0.3, 0.4) is 0 Å². The van der Waals surface area contributed by atoms with Crippen LogP contribution in [-0.4, -0.2) is 0 Å². The monoisotopic (exact) mass is 148 g/mol. The molecule has 8 heavy (non-hydrogen) atoms. The Morgan fingerprint density at radius 2 is 2.62 bits per heavy atom. The molecule has 0 fully saturated rings. The van der Waals surface area contributed by atoms with E-state index < -0.39 is 0 Å². The summed E-state index contributed by atoms with van der Waals surface area (Å²) in [5.74, 6) is 1.67. The Bertz CT molecular complexity index is 138. The summed E-state index contributed by atoms with van der Waals surface area (Å²) in [4.78, 5) is 0. The maximum atomic E-state index is 5.35. The van der Waals surface area contributed by atoms with Gasteiger partial charge in [-0.2, -0.15) is 0 Å². The molecule has 1 aromatic heterocycles. The van der Waals surface area contributed by atoms with Gasteiger partial charge >= 0.3 is 0 Å². The van der Waals surface area contributed by atoms with Crippen molar-refractivity contribution in [2.24, 2.45) is 0 Å². The lowest BCUT2D eigenvalue weighted by atomic mass is 10.5. The highest BCUT2D eigenvalue weighted by atomic mass is 35.7. The molecular weight excluding hydrogens is 144 g/mol. The quantitative estimate of drug-likeness (QED) is 0.640. The maximum absolute atomic E-state index is 5.35. The Hall–Kier alpha value is -0.0800. The van der Waals surface area contributed by atoms with Crippen LogP contribution in [0.1, 0.15) is 5.76 Å². The molecule has 0 atom stereocenters. The molecule has 1 nitrogen and oxygen atoms in total. The molecule has 0 saturated heterocycles. The molecule has 0 saturated carbocycles. The van der Waals surface area contributed by atoms with Crippen LogP contribution in [0.25, 0.3) is 0 Å². The first kappa shape index (κ1) is 6.05. The minimum absolute atomic E-state index is 0.745. The van der Waals surface area contributed by atoms with Gasteiger partial charge in [0, 0.05) is 0 Å². The van der Waals surface area contributed by atoms with E-state index in [-0.39, 0.29) is 0 Å². The first-order valence-electron chi connectivity index (χ1n) is 2.19.